The van der Waals surface area contributed by atoms with Gasteiger partial charge < -0.3 is 10.1 Å². The average Bonchev–Trinajstić information content (AvgIpc) is 2.97. The number of benzene rings is 2. The summed E-state index contributed by atoms with van der Waals surface area (Å²) in [5, 5.41) is 8.38. The number of rotatable bonds is 5. The lowest BCUT2D eigenvalue weighted by Crippen LogP contribution is -2.13. The van der Waals surface area contributed by atoms with Gasteiger partial charge in [0.05, 0.1) is 13.7 Å². The van der Waals surface area contributed by atoms with Gasteiger partial charge >= 0.3 is 0 Å². The highest BCUT2D eigenvalue weighted by molar-refractivity contribution is 6.35. The molecule has 3 rings (SSSR count). The third kappa shape index (κ3) is 4.00. The Kier molecular flexibility index (Phi) is 5.49. The van der Waals surface area contributed by atoms with Crippen LogP contribution in [0.5, 0.6) is 5.75 Å². The number of methoxy groups -OCH3 is 1. The molecule has 0 saturated carbocycles. The number of ether oxygens (including phenoxy) is 1. The maximum Gasteiger partial charge on any atom is 0.256 e. The number of nitrogens with one attached hydrogen (secondary N) is 1. The first-order valence-electron chi connectivity index (χ1n) is 7.90. The van der Waals surface area contributed by atoms with Crippen LogP contribution in [0.25, 0.3) is 0 Å². The summed E-state index contributed by atoms with van der Waals surface area (Å²) >= 11 is 12.4. The minimum Gasteiger partial charge on any atom is -0.497 e. The van der Waals surface area contributed by atoms with Gasteiger partial charge in [-0.05, 0) is 37.3 Å². The molecule has 1 heterocycles. The van der Waals surface area contributed by atoms with Gasteiger partial charge in [-0.25, -0.2) is 0 Å². The van der Waals surface area contributed by atoms with Crippen molar-refractivity contribution in [1.82, 2.24) is 9.78 Å². The molecule has 1 N–H and O–H groups in total. The largest absolute Gasteiger partial charge is 0.497 e. The van der Waals surface area contributed by atoms with E-state index in [9.17, 15) is 4.79 Å². The molecule has 7 heteroatoms. The number of aryl methyl sites for hydroxylation is 1. The lowest BCUT2D eigenvalue weighted by Gasteiger charge is -2.08. The summed E-state index contributed by atoms with van der Waals surface area (Å²) in [5.41, 5.74) is 2.15. The summed E-state index contributed by atoms with van der Waals surface area (Å²) in [6.45, 7) is 2.32. The molecule has 0 atom stereocenters. The zero-order valence-corrected chi connectivity index (χ0v) is 15.8. The second-order valence-electron chi connectivity index (χ2n) is 5.71. The number of halogens is 2. The van der Waals surface area contributed by atoms with Crippen molar-refractivity contribution >= 4 is 34.9 Å². The maximum atomic E-state index is 12.4. The van der Waals surface area contributed by atoms with E-state index in [-0.39, 0.29) is 5.91 Å². The van der Waals surface area contributed by atoms with E-state index in [1.165, 1.54) is 0 Å². The van der Waals surface area contributed by atoms with Crippen molar-refractivity contribution in [3.63, 3.8) is 0 Å². The first-order chi connectivity index (χ1) is 12.5. The van der Waals surface area contributed by atoms with Gasteiger partial charge in [0.2, 0.25) is 0 Å². The smallest absolute Gasteiger partial charge is 0.256 e. The van der Waals surface area contributed by atoms with E-state index in [1.807, 2.05) is 6.92 Å². The van der Waals surface area contributed by atoms with Crippen LogP contribution < -0.4 is 10.1 Å². The Hall–Kier alpha value is -2.50. The van der Waals surface area contributed by atoms with Gasteiger partial charge in [0, 0.05) is 32.9 Å². The number of carbonyl (C=O) groups excluding carboxylic acids is 1. The molecule has 0 aliphatic carbocycles. The highest BCUT2D eigenvalue weighted by atomic mass is 35.5. The topological polar surface area (TPSA) is 56.1 Å². The maximum absolute atomic E-state index is 12.4. The van der Waals surface area contributed by atoms with Crippen molar-refractivity contribution in [3.8, 4) is 5.75 Å². The molecule has 0 aliphatic rings. The molecule has 0 fully saturated rings. The summed E-state index contributed by atoms with van der Waals surface area (Å²) in [6.07, 6.45) is 0. The Bertz CT molecular complexity index is 933. The van der Waals surface area contributed by atoms with Crippen LogP contribution in [0.2, 0.25) is 10.0 Å². The molecule has 0 unspecified atom stereocenters. The quantitative estimate of drug-likeness (QED) is 0.681. The predicted octanol–water partition coefficient (Wildman–Crippen LogP) is 4.81. The summed E-state index contributed by atoms with van der Waals surface area (Å²) in [5.74, 6) is 0.815. The van der Waals surface area contributed by atoms with Crippen LogP contribution in [0, 0.1) is 6.92 Å². The van der Waals surface area contributed by atoms with Gasteiger partial charge in [-0.1, -0.05) is 35.3 Å². The van der Waals surface area contributed by atoms with Crippen molar-refractivity contribution in [2.75, 3.05) is 12.4 Å². The molecule has 5 nitrogen and oxygen atoms in total. The number of hydrogen-bond donors (Lipinski definition) is 1. The van der Waals surface area contributed by atoms with Crippen molar-refractivity contribution in [2.45, 2.75) is 13.5 Å². The molecule has 1 amide bonds. The van der Waals surface area contributed by atoms with Gasteiger partial charge in [0.25, 0.3) is 5.91 Å². The van der Waals surface area contributed by atoms with Crippen LogP contribution in [0.1, 0.15) is 21.6 Å². The third-order valence-electron chi connectivity index (χ3n) is 3.92. The zero-order valence-electron chi connectivity index (χ0n) is 14.3. The van der Waals surface area contributed by atoms with Crippen molar-refractivity contribution < 1.29 is 9.53 Å². The second-order valence-corrected chi connectivity index (χ2v) is 6.53. The van der Waals surface area contributed by atoms with E-state index < -0.39 is 0 Å². The standard InChI is InChI=1S/C19H17Cl2N3O2/c1-12-9-18(22-19(25)13-5-3-6-14(10-13)26-2)23-24(12)11-15-16(20)7-4-8-17(15)21/h3-10H,11H2,1-2H3,(H,22,23,25). The fraction of sp³-hybridized carbons (Fsp3) is 0.158. The minimum absolute atomic E-state index is 0.260. The van der Waals surface area contributed by atoms with Crippen LogP contribution in [-0.4, -0.2) is 22.8 Å². The molecule has 0 spiro atoms. The van der Waals surface area contributed by atoms with Crippen LogP contribution in [-0.2, 0) is 6.54 Å². The van der Waals surface area contributed by atoms with Gasteiger partial charge in [-0.15, -0.1) is 0 Å². The molecule has 2 aromatic carbocycles. The Balaban J connectivity index is 1.78. The average molecular weight is 390 g/mol. The monoisotopic (exact) mass is 389 g/mol. The molecular weight excluding hydrogens is 373 g/mol. The summed E-state index contributed by atoms with van der Waals surface area (Å²) in [7, 11) is 1.56. The first-order valence-corrected chi connectivity index (χ1v) is 8.66. The van der Waals surface area contributed by atoms with Crippen LogP contribution in [0.4, 0.5) is 5.82 Å². The fourth-order valence-electron chi connectivity index (χ4n) is 2.52. The van der Waals surface area contributed by atoms with Gasteiger partial charge in [-0.2, -0.15) is 5.10 Å². The predicted molar refractivity (Wildman–Crippen MR) is 103 cm³/mol. The molecular formula is C19H17Cl2N3O2. The van der Waals surface area contributed by atoms with Gasteiger partial charge in [-0.3, -0.25) is 9.48 Å². The third-order valence-corrected chi connectivity index (χ3v) is 4.63. The van der Waals surface area contributed by atoms with Gasteiger partial charge in [0.15, 0.2) is 5.82 Å². The van der Waals surface area contributed by atoms with E-state index in [2.05, 4.69) is 10.4 Å². The minimum atomic E-state index is -0.260. The lowest BCUT2D eigenvalue weighted by atomic mass is 10.2. The molecule has 3 aromatic rings. The summed E-state index contributed by atoms with van der Waals surface area (Å²) in [4.78, 5) is 12.4. The number of aromatic nitrogens is 2. The number of nitrogens with zero attached hydrogens (tertiary/aromatic N) is 2. The van der Waals surface area contributed by atoms with Crippen LogP contribution >= 0.6 is 23.2 Å². The zero-order chi connectivity index (χ0) is 18.7. The summed E-state index contributed by atoms with van der Waals surface area (Å²) in [6, 6.07) is 14.1. The molecule has 1 aromatic heterocycles. The highest BCUT2D eigenvalue weighted by Crippen LogP contribution is 2.26. The van der Waals surface area contributed by atoms with E-state index in [0.717, 1.165) is 11.3 Å². The normalized spacial score (nSPS) is 10.6. The lowest BCUT2D eigenvalue weighted by molar-refractivity contribution is 0.102. The van der Waals surface area contributed by atoms with Crippen molar-refractivity contribution in [1.29, 1.82) is 0 Å². The Morgan fingerprint density at radius 1 is 1.15 bits per heavy atom. The summed E-state index contributed by atoms with van der Waals surface area (Å²) < 4.78 is 6.89. The SMILES string of the molecule is COc1cccc(C(=O)Nc2cc(C)n(Cc3c(Cl)cccc3Cl)n2)c1. The number of carbonyl (C=O) groups is 1. The molecule has 0 bridgehead atoms. The highest BCUT2D eigenvalue weighted by Gasteiger charge is 2.13. The second kappa shape index (κ2) is 7.81. The van der Waals surface area contributed by atoms with E-state index in [1.54, 1.807) is 60.3 Å². The Morgan fingerprint density at radius 2 is 1.85 bits per heavy atom. The van der Waals surface area contributed by atoms with Crippen molar-refractivity contribution in [2.24, 2.45) is 0 Å². The number of anilines is 1. The fourth-order valence-corrected chi connectivity index (χ4v) is 3.03. The van der Waals surface area contributed by atoms with E-state index in [0.29, 0.717) is 33.7 Å². The number of amides is 1. The first kappa shape index (κ1) is 18.3. The van der Waals surface area contributed by atoms with Crippen molar-refractivity contribution in [3.05, 3.63) is 75.4 Å². The number of hydrogen-bond acceptors (Lipinski definition) is 3. The molecule has 26 heavy (non-hydrogen) atoms. The molecule has 0 radical (unpaired) electrons. The Morgan fingerprint density at radius 3 is 2.54 bits per heavy atom. The molecule has 134 valence electrons. The Labute approximate surface area is 161 Å². The van der Waals surface area contributed by atoms with E-state index in [4.69, 9.17) is 27.9 Å². The van der Waals surface area contributed by atoms with Crippen LogP contribution in [0.15, 0.2) is 48.5 Å². The van der Waals surface area contributed by atoms with Crippen LogP contribution in [0.3, 0.4) is 0 Å². The molecule has 0 saturated heterocycles. The van der Waals surface area contributed by atoms with E-state index >= 15 is 0 Å². The molecule has 0 aliphatic heterocycles. The van der Waals surface area contributed by atoms with Gasteiger partial charge in [0.1, 0.15) is 5.75 Å².